The van der Waals surface area contributed by atoms with Crippen LogP contribution in [0.2, 0.25) is 0 Å². The third kappa shape index (κ3) is 5.00. The first kappa shape index (κ1) is 19.1. The molecule has 0 amide bonds. The van der Waals surface area contributed by atoms with Gasteiger partial charge in [0.05, 0.1) is 6.20 Å². The minimum absolute atomic E-state index is 0.680. The Morgan fingerprint density at radius 3 is 2.34 bits per heavy atom. The summed E-state index contributed by atoms with van der Waals surface area (Å²) in [6.45, 7) is 4.76. The molecule has 7 heteroatoms. The lowest BCUT2D eigenvalue weighted by Crippen LogP contribution is -2.46. The first-order valence-electron chi connectivity index (χ1n) is 9.93. The fourth-order valence-corrected chi connectivity index (χ4v) is 3.43. The highest BCUT2D eigenvalue weighted by atomic mass is 15.4. The second-order valence-electron chi connectivity index (χ2n) is 7.46. The largest absolute Gasteiger partial charge is 0.378 e. The standard InChI is InChI=1S/C22H27N7/c1-27(2)20-10-8-19(9-11-20)24-21-16-23-26-22(25-21)29-14-12-28(13-15-29)17-18-6-4-3-5-7-18/h3-11,16H,12-15,17H2,1-2H3,(H,24,25,26). The van der Waals surface area contributed by atoms with Gasteiger partial charge in [-0.25, -0.2) is 0 Å². The summed E-state index contributed by atoms with van der Waals surface area (Å²) in [6, 6.07) is 18.8. The monoisotopic (exact) mass is 389 g/mol. The molecule has 1 fully saturated rings. The average molecular weight is 390 g/mol. The summed E-state index contributed by atoms with van der Waals surface area (Å²) in [5, 5.41) is 11.7. The lowest BCUT2D eigenvalue weighted by molar-refractivity contribution is 0.248. The first-order chi connectivity index (χ1) is 14.2. The highest BCUT2D eigenvalue weighted by Crippen LogP contribution is 2.20. The van der Waals surface area contributed by atoms with E-state index in [2.05, 4.69) is 77.7 Å². The Kier molecular flexibility index (Phi) is 5.86. The number of benzene rings is 2. The number of anilines is 4. The van der Waals surface area contributed by atoms with Crippen molar-refractivity contribution in [2.75, 3.05) is 55.4 Å². The van der Waals surface area contributed by atoms with Gasteiger partial charge in [0.15, 0.2) is 5.82 Å². The molecule has 0 bridgehead atoms. The van der Waals surface area contributed by atoms with E-state index in [0.717, 1.165) is 44.1 Å². The summed E-state index contributed by atoms with van der Waals surface area (Å²) in [4.78, 5) is 11.4. The Hall–Kier alpha value is -3.19. The predicted molar refractivity (Wildman–Crippen MR) is 118 cm³/mol. The molecule has 0 spiro atoms. The van der Waals surface area contributed by atoms with Gasteiger partial charge in [-0.15, -0.1) is 5.10 Å². The molecule has 0 radical (unpaired) electrons. The molecule has 1 N–H and O–H groups in total. The molecule has 4 rings (SSSR count). The van der Waals surface area contributed by atoms with Gasteiger partial charge in [-0.1, -0.05) is 30.3 Å². The van der Waals surface area contributed by atoms with E-state index in [-0.39, 0.29) is 0 Å². The zero-order valence-corrected chi connectivity index (χ0v) is 17.0. The quantitative estimate of drug-likeness (QED) is 0.695. The number of nitrogens with zero attached hydrogens (tertiary/aromatic N) is 6. The van der Waals surface area contributed by atoms with Gasteiger partial charge in [-0.3, -0.25) is 4.90 Å². The van der Waals surface area contributed by atoms with E-state index >= 15 is 0 Å². The van der Waals surface area contributed by atoms with Gasteiger partial charge in [0.25, 0.3) is 0 Å². The summed E-state index contributed by atoms with van der Waals surface area (Å²) in [5.74, 6) is 1.39. The van der Waals surface area contributed by atoms with Crippen LogP contribution in [0.4, 0.5) is 23.1 Å². The normalized spacial score (nSPS) is 14.6. The topological polar surface area (TPSA) is 60.4 Å². The van der Waals surface area contributed by atoms with Crippen molar-refractivity contribution in [3.63, 3.8) is 0 Å². The van der Waals surface area contributed by atoms with Crippen LogP contribution in [0.3, 0.4) is 0 Å². The molecule has 1 saturated heterocycles. The number of piperazine rings is 1. The van der Waals surface area contributed by atoms with Crippen molar-refractivity contribution < 1.29 is 0 Å². The Bertz CT molecular complexity index is 904. The van der Waals surface area contributed by atoms with Gasteiger partial charge in [0, 0.05) is 58.2 Å². The number of hydrogen-bond donors (Lipinski definition) is 1. The highest BCUT2D eigenvalue weighted by Gasteiger charge is 2.19. The molecule has 7 nitrogen and oxygen atoms in total. The van der Waals surface area contributed by atoms with Crippen molar-refractivity contribution in [1.29, 1.82) is 0 Å². The minimum atomic E-state index is 0.680. The Morgan fingerprint density at radius 1 is 0.931 bits per heavy atom. The molecule has 0 atom stereocenters. The second kappa shape index (κ2) is 8.87. The number of aromatic nitrogens is 3. The van der Waals surface area contributed by atoms with Crippen molar-refractivity contribution in [3.05, 3.63) is 66.4 Å². The molecule has 0 aliphatic carbocycles. The molecule has 0 unspecified atom stereocenters. The third-order valence-electron chi connectivity index (χ3n) is 5.11. The zero-order chi connectivity index (χ0) is 20.1. The van der Waals surface area contributed by atoms with Crippen molar-refractivity contribution >= 4 is 23.1 Å². The zero-order valence-electron chi connectivity index (χ0n) is 17.0. The Morgan fingerprint density at radius 2 is 1.66 bits per heavy atom. The van der Waals surface area contributed by atoms with Crippen LogP contribution < -0.4 is 15.1 Å². The van der Waals surface area contributed by atoms with Crippen LogP contribution >= 0.6 is 0 Å². The lowest BCUT2D eigenvalue weighted by atomic mass is 10.2. The molecule has 1 aliphatic heterocycles. The molecule has 29 heavy (non-hydrogen) atoms. The Labute approximate surface area is 172 Å². The van der Waals surface area contributed by atoms with Gasteiger partial charge < -0.3 is 15.1 Å². The fourth-order valence-electron chi connectivity index (χ4n) is 3.43. The maximum absolute atomic E-state index is 4.67. The molecular weight excluding hydrogens is 362 g/mol. The van der Waals surface area contributed by atoms with E-state index in [1.54, 1.807) is 6.20 Å². The smallest absolute Gasteiger partial charge is 0.247 e. The second-order valence-corrected chi connectivity index (χ2v) is 7.46. The maximum Gasteiger partial charge on any atom is 0.247 e. The SMILES string of the molecule is CN(C)c1ccc(Nc2cnnc(N3CCN(Cc4ccccc4)CC3)n2)cc1. The van der Waals surface area contributed by atoms with E-state index in [1.807, 2.05) is 26.2 Å². The molecule has 0 saturated carbocycles. The molecule has 1 aromatic heterocycles. The fraction of sp³-hybridized carbons (Fsp3) is 0.318. The average Bonchev–Trinajstić information content (AvgIpc) is 2.76. The van der Waals surface area contributed by atoms with E-state index in [9.17, 15) is 0 Å². The summed E-state index contributed by atoms with van der Waals surface area (Å²) >= 11 is 0. The van der Waals surface area contributed by atoms with E-state index in [4.69, 9.17) is 0 Å². The van der Waals surface area contributed by atoms with Crippen LogP contribution in [0.15, 0.2) is 60.8 Å². The van der Waals surface area contributed by atoms with Crippen LogP contribution in [0.5, 0.6) is 0 Å². The minimum Gasteiger partial charge on any atom is -0.378 e. The molecule has 150 valence electrons. The summed E-state index contributed by atoms with van der Waals surface area (Å²) < 4.78 is 0. The summed E-state index contributed by atoms with van der Waals surface area (Å²) in [7, 11) is 4.06. The van der Waals surface area contributed by atoms with Crippen LogP contribution in [0.1, 0.15) is 5.56 Å². The Balaban J connectivity index is 1.35. The molecule has 2 aromatic carbocycles. The van der Waals surface area contributed by atoms with Gasteiger partial charge in [0.2, 0.25) is 5.95 Å². The van der Waals surface area contributed by atoms with Crippen LogP contribution in [0.25, 0.3) is 0 Å². The van der Waals surface area contributed by atoms with E-state index in [1.165, 1.54) is 5.56 Å². The van der Waals surface area contributed by atoms with Crippen LogP contribution in [-0.2, 0) is 6.54 Å². The number of rotatable bonds is 6. The van der Waals surface area contributed by atoms with E-state index in [0.29, 0.717) is 11.8 Å². The van der Waals surface area contributed by atoms with Crippen LogP contribution in [-0.4, -0.2) is 60.4 Å². The van der Waals surface area contributed by atoms with Crippen molar-refractivity contribution in [2.45, 2.75) is 6.54 Å². The van der Waals surface area contributed by atoms with Crippen LogP contribution in [0, 0.1) is 0 Å². The summed E-state index contributed by atoms with van der Waals surface area (Å²) in [6.07, 6.45) is 1.66. The number of hydrogen-bond acceptors (Lipinski definition) is 7. The molecule has 2 heterocycles. The summed E-state index contributed by atoms with van der Waals surface area (Å²) in [5.41, 5.74) is 3.49. The molecular formula is C22H27N7. The van der Waals surface area contributed by atoms with E-state index < -0.39 is 0 Å². The van der Waals surface area contributed by atoms with Gasteiger partial charge in [0.1, 0.15) is 0 Å². The van der Waals surface area contributed by atoms with Crippen molar-refractivity contribution in [3.8, 4) is 0 Å². The van der Waals surface area contributed by atoms with Gasteiger partial charge >= 0.3 is 0 Å². The van der Waals surface area contributed by atoms with Gasteiger partial charge in [-0.2, -0.15) is 10.1 Å². The highest BCUT2D eigenvalue weighted by molar-refractivity contribution is 5.60. The lowest BCUT2D eigenvalue weighted by Gasteiger charge is -2.34. The third-order valence-corrected chi connectivity index (χ3v) is 5.11. The van der Waals surface area contributed by atoms with Crippen molar-refractivity contribution in [2.24, 2.45) is 0 Å². The van der Waals surface area contributed by atoms with Crippen molar-refractivity contribution in [1.82, 2.24) is 20.1 Å². The number of nitrogens with one attached hydrogen (secondary N) is 1. The van der Waals surface area contributed by atoms with Gasteiger partial charge in [-0.05, 0) is 29.8 Å². The molecule has 1 aliphatic rings. The maximum atomic E-state index is 4.67. The predicted octanol–water partition coefficient (Wildman–Crippen LogP) is 3.00. The molecule has 3 aromatic rings. The first-order valence-corrected chi connectivity index (χ1v) is 9.93.